The summed E-state index contributed by atoms with van der Waals surface area (Å²) in [6.45, 7) is 14.4. The van der Waals surface area contributed by atoms with Gasteiger partial charge in [-0.3, -0.25) is 14.4 Å². The average molecular weight is 685 g/mol. The number of allylic oxidation sites excluding steroid dienone is 1. The Morgan fingerprint density at radius 2 is 1.17 bits per heavy atom. The monoisotopic (exact) mass is 685 g/mol. The topological polar surface area (TPSA) is 76.1 Å². The molecule has 0 aliphatic carbocycles. The van der Waals surface area contributed by atoms with Crippen LogP contribution in [0.25, 0.3) is 0 Å². The van der Waals surface area contributed by atoms with Crippen molar-refractivity contribution in [3.05, 3.63) is 12.2 Å². The second-order valence-corrected chi connectivity index (χ2v) is 13.6. The van der Waals surface area contributed by atoms with E-state index in [9.17, 15) is 14.4 Å². The molecule has 8 heteroatoms. The second kappa shape index (κ2) is 38.9. The number of unbranched alkanes of at least 4 members (excludes halogenated alkanes) is 14. The Hall–Kier alpha value is -1.54. The van der Waals surface area contributed by atoms with E-state index in [1.807, 2.05) is 23.9 Å². The number of amides is 1. The minimum Gasteiger partial charge on any atom is -0.461 e. The fraction of sp³-hybridized carbons (Fsp3) is 0.872. The van der Waals surface area contributed by atoms with E-state index in [-0.39, 0.29) is 25.8 Å². The Kier molecular flexibility index (Phi) is 39.4. The zero-order valence-corrected chi connectivity index (χ0v) is 32.6. The number of thioether (sulfide) groups is 1. The highest BCUT2D eigenvalue weighted by Crippen LogP contribution is 2.17. The first-order valence-electron chi connectivity index (χ1n) is 19.3. The van der Waals surface area contributed by atoms with Crippen molar-refractivity contribution in [3.63, 3.8) is 0 Å². The minimum atomic E-state index is -0.522. The third-order valence-electron chi connectivity index (χ3n) is 8.32. The molecule has 0 bridgehead atoms. The molecule has 0 saturated heterocycles. The fourth-order valence-corrected chi connectivity index (χ4v) is 5.70. The normalized spacial score (nSPS) is 11.1. The van der Waals surface area contributed by atoms with Gasteiger partial charge in [-0.05, 0) is 76.6 Å². The van der Waals surface area contributed by atoms with Gasteiger partial charge in [0.25, 0.3) is 0 Å². The standard InChI is InChI=1S/C31H57NO5.C8H19NS/c1-4-7-10-13-16-19-22-25-36-30(34)26-32(28-33)27-31(35)37-29(23-20-17-14-11-8-5-2)24-21-18-15-12-9-6-3;1-4-9(5-2)7-6-8-10-3/h19,22,28-29H,4-18,20-21,23-27H2,1-3H3;4-8H2,1-3H3/b22-19-;. The van der Waals surface area contributed by atoms with Gasteiger partial charge in [-0.1, -0.05) is 130 Å². The quantitative estimate of drug-likeness (QED) is 0.0295. The van der Waals surface area contributed by atoms with Crippen molar-refractivity contribution in [1.82, 2.24) is 9.80 Å². The molecule has 0 N–H and O–H groups in total. The molecule has 0 fully saturated rings. The van der Waals surface area contributed by atoms with Gasteiger partial charge in [0.2, 0.25) is 6.41 Å². The second-order valence-electron chi connectivity index (χ2n) is 12.6. The Balaban J connectivity index is 0. The fourth-order valence-electron chi connectivity index (χ4n) is 5.29. The molecule has 278 valence electrons. The number of carbonyl (C=O) groups is 3. The van der Waals surface area contributed by atoms with Crippen LogP contribution in [0.1, 0.15) is 163 Å². The molecule has 0 radical (unpaired) electrons. The first-order valence-corrected chi connectivity index (χ1v) is 20.7. The summed E-state index contributed by atoms with van der Waals surface area (Å²) in [6, 6.07) is 0. The molecule has 0 atom stereocenters. The smallest absolute Gasteiger partial charge is 0.325 e. The van der Waals surface area contributed by atoms with Gasteiger partial charge >= 0.3 is 11.9 Å². The molecule has 0 aliphatic rings. The van der Waals surface area contributed by atoms with Crippen molar-refractivity contribution in [2.24, 2.45) is 0 Å². The largest absolute Gasteiger partial charge is 0.461 e. The van der Waals surface area contributed by atoms with Crippen molar-refractivity contribution in [2.45, 2.75) is 169 Å². The lowest BCUT2D eigenvalue weighted by Crippen LogP contribution is -2.36. The SMILES string of the molecule is CCCCCC/C=C\COC(=O)CN(C=O)CC(=O)OC(CCCCCCCC)CCCCCCCC.CCN(CC)CCCSC. The molecule has 0 aromatic carbocycles. The van der Waals surface area contributed by atoms with E-state index in [1.165, 1.54) is 102 Å². The Morgan fingerprint density at radius 1 is 0.660 bits per heavy atom. The molecule has 1 amide bonds. The number of esters is 2. The Bertz CT molecular complexity index is 701. The molecule has 0 aromatic rings. The van der Waals surface area contributed by atoms with Gasteiger partial charge in [-0.2, -0.15) is 11.8 Å². The van der Waals surface area contributed by atoms with Crippen LogP contribution in [0.4, 0.5) is 0 Å². The van der Waals surface area contributed by atoms with Gasteiger partial charge in [0.1, 0.15) is 25.8 Å². The van der Waals surface area contributed by atoms with Crippen LogP contribution in [0.5, 0.6) is 0 Å². The van der Waals surface area contributed by atoms with Crippen molar-refractivity contribution in [1.29, 1.82) is 0 Å². The van der Waals surface area contributed by atoms with Crippen LogP contribution < -0.4 is 0 Å². The predicted molar refractivity (Wildman–Crippen MR) is 203 cm³/mol. The van der Waals surface area contributed by atoms with Crippen LogP contribution in [-0.2, 0) is 23.9 Å². The van der Waals surface area contributed by atoms with Crippen LogP contribution >= 0.6 is 11.8 Å². The first kappa shape index (κ1) is 47.6. The molecule has 0 spiro atoms. The first-order chi connectivity index (χ1) is 22.9. The number of nitrogens with zero attached hydrogens (tertiary/aromatic N) is 2. The minimum absolute atomic E-state index is 0.118. The van der Waals surface area contributed by atoms with Crippen LogP contribution in [0.2, 0.25) is 0 Å². The van der Waals surface area contributed by atoms with E-state index in [4.69, 9.17) is 9.47 Å². The van der Waals surface area contributed by atoms with Gasteiger partial charge < -0.3 is 19.3 Å². The van der Waals surface area contributed by atoms with Crippen molar-refractivity contribution in [2.75, 3.05) is 51.3 Å². The summed E-state index contributed by atoms with van der Waals surface area (Å²) in [5.74, 6) is 0.330. The summed E-state index contributed by atoms with van der Waals surface area (Å²) in [5.41, 5.74) is 0. The number of hydrogen-bond donors (Lipinski definition) is 0. The van der Waals surface area contributed by atoms with Gasteiger partial charge in [0.05, 0.1) is 0 Å². The van der Waals surface area contributed by atoms with Gasteiger partial charge in [-0.25, -0.2) is 0 Å². The van der Waals surface area contributed by atoms with E-state index in [0.717, 1.165) is 56.3 Å². The Morgan fingerprint density at radius 3 is 1.68 bits per heavy atom. The van der Waals surface area contributed by atoms with E-state index in [0.29, 0.717) is 6.41 Å². The van der Waals surface area contributed by atoms with Gasteiger partial charge in [0, 0.05) is 0 Å². The highest BCUT2D eigenvalue weighted by atomic mass is 32.2. The Labute approximate surface area is 295 Å². The summed E-state index contributed by atoms with van der Waals surface area (Å²) >= 11 is 1.94. The lowest BCUT2D eigenvalue weighted by Gasteiger charge is -2.21. The summed E-state index contributed by atoms with van der Waals surface area (Å²) in [7, 11) is 0. The summed E-state index contributed by atoms with van der Waals surface area (Å²) in [6.07, 6.45) is 29.6. The molecule has 0 aliphatic heterocycles. The van der Waals surface area contributed by atoms with Crippen molar-refractivity contribution >= 4 is 30.1 Å². The van der Waals surface area contributed by atoms with Crippen LogP contribution in [0.15, 0.2) is 12.2 Å². The van der Waals surface area contributed by atoms with E-state index < -0.39 is 11.9 Å². The van der Waals surface area contributed by atoms with Gasteiger partial charge in [0.15, 0.2) is 0 Å². The zero-order chi connectivity index (χ0) is 35.2. The highest BCUT2D eigenvalue weighted by molar-refractivity contribution is 7.98. The maximum atomic E-state index is 12.6. The molecule has 47 heavy (non-hydrogen) atoms. The molecule has 7 nitrogen and oxygen atoms in total. The number of carbonyl (C=O) groups excluding carboxylic acids is 3. The maximum absolute atomic E-state index is 12.6. The molecular weight excluding hydrogens is 609 g/mol. The lowest BCUT2D eigenvalue weighted by molar-refractivity contribution is -0.154. The van der Waals surface area contributed by atoms with Crippen molar-refractivity contribution < 1.29 is 23.9 Å². The van der Waals surface area contributed by atoms with Crippen LogP contribution in [0.3, 0.4) is 0 Å². The molecule has 0 heterocycles. The molecular formula is C39H76N2O5S. The number of hydrogen-bond acceptors (Lipinski definition) is 7. The molecule has 0 rings (SSSR count). The van der Waals surface area contributed by atoms with Crippen molar-refractivity contribution in [3.8, 4) is 0 Å². The van der Waals surface area contributed by atoms with Gasteiger partial charge in [-0.15, -0.1) is 0 Å². The van der Waals surface area contributed by atoms with Crippen LogP contribution in [-0.4, -0.2) is 85.6 Å². The van der Waals surface area contributed by atoms with Crippen LogP contribution in [0, 0.1) is 0 Å². The predicted octanol–water partition coefficient (Wildman–Crippen LogP) is 10.0. The highest BCUT2D eigenvalue weighted by Gasteiger charge is 2.19. The molecule has 0 saturated carbocycles. The average Bonchev–Trinajstić information content (AvgIpc) is 3.07. The molecule has 0 unspecified atom stereocenters. The van der Waals surface area contributed by atoms with E-state index >= 15 is 0 Å². The zero-order valence-electron chi connectivity index (χ0n) is 31.7. The summed E-state index contributed by atoms with van der Waals surface area (Å²) < 4.78 is 10.9. The lowest BCUT2D eigenvalue weighted by atomic mass is 10.0. The third-order valence-corrected chi connectivity index (χ3v) is 9.02. The van der Waals surface area contributed by atoms with E-state index in [2.05, 4.69) is 45.8 Å². The number of rotatable bonds is 33. The molecule has 0 aromatic heterocycles. The van der Waals surface area contributed by atoms with E-state index in [1.54, 1.807) is 0 Å². The third kappa shape index (κ3) is 35.6. The summed E-state index contributed by atoms with van der Waals surface area (Å²) in [5, 5.41) is 0. The summed E-state index contributed by atoms with van der Waals surface area (Å²) in [4.78, 5) is 39.7. The maximum Gasteiger partial charge on any atom is 0.325 e. The number of ether oxygens (including phenoxy) is 2.